The van der Waals surface area contributed by atoms with Gasteiger partial charge in [-0.2, -0.15) is 0 Å². The number of ether oxygens (including phenoxy) is 2. The largest absolute Gasteiger partial charge is 0.506 e. The maximum Gasteiger partial charge on any atom is 0.414 e. The Kier molecular flexibility index (Phi) is 11.4. The summed E-state index contributed by atoms with van der Waals surface area (Å²) in [6, 6.07) is 19.8. The van der Waals surface area contributed by atoms with Crippen molar-refractivity contribution < 1.29 is 28.9 Å². The van der Waals surface area contributed by atoms with Gasteiger partial charge < -0.3 is 30.0 Å². The van der Waals surface area contributed by atoms with Gasteiger partial charge in [0, 0.05) is 24.5 Å². The average molecular weight is 673 g/mol. The van der Waals surface area contributed by atoms with Crippen molar-refractivity contribution in [3.63, 3.8) is 0 Å². The Bertz CT molecular complexity index is 1770. The van der Waals surface area contributed by atoms with E-state index in [0.717, 1.165) is 70.3 Å². The number of aromatic hydroxyl groups is 1. The minimum Gasteiger partial charge on any atom is -0.506 e. The predicted molar refractivity (Wildman–Crippen MR) is 186 cm³/mol. The number of nitrogens with zero attached hydrogens (tertiary/aromatic N) is 2. The van der Waals surface area contributed by atoms with Gasteiger partial charge in [-0.15, -0.1) is 0 Å². The van der Waals surface area contributed by atoms with E-state index in [4.69, 9.17) is 9.47 Å². The summed E-state index contributed by atoms with van der Waals surface area (Å²) >= 11 is 0. The predicted octanol–water partition coefficient (Wildman–Crippen LogP) is 5.87. The minimum atomic E-state index is -0.782. The highest BCUT2D eigenvalue weighted by Gasteiger charge is 2.37. The Hall–Kier alpha value is -4.45. The molecule has 3 aliphatic rings. The molecule has 4 heterocycles. The van der Waals surface area contributed by atoms with Gasteiger partial charge in [0.25, 0.3) is 0 Å². The molecule has 3 aliphatic heterocycles. The number of carbonyl (C=O) groups is 1. The Morgan fingerprint density at radius 2 is 1.84 bits per heavy atom. The van der Waals surface area contributed by atoms with Gasteiger partial charge in [0.1, 0.15) is 23.4 Å². The van der Waals surface area contributed by atoms with Gasteiger partial charge in [-0.1, -0.05) is 37.1 Å². The van der Waals surface area contributed by atoms with Gasteiger partial charge in [-0.25, -0.2) is 9.18 Å². The van der Waals surface area contributed by atoms with Crippen LogP contribution in [0.2, 0.25) is 0 Å². The van der Waals surface area contributed by atoms with Crippen LogP contribution in [0.5, 0.6) is 11.5 Å². The molecule has 0 spiro atoms. The van der Waals surface area contributed by atoms with Gasteiger partial charge in [0.2, 0.25) is 5.56 Å². The molecular weight excluding hydrogens is 627 g/mol. The van der Waals surface area contributed by atoms with Crippen molar-refractivity contribution in [2.75, 3.05) is 44.2 Å². The van der Waals surface area contributed by atoms with Crippen molar-refractivity contribution >= 4 is 22.7 Å². The maximum atomic E-state index is 14.2. The van der Waals surface area contributed by atoms with Crippen LogP contribution in [0.25, 0.3) is 10.9 Å². The van der Waals surface area contributed by atoms with Crippen LogP contribution in [0.4, 0.5) is 14.9 Å². The lowest BCUT2D eigenvalue weighted by molar-refractivity contribution is -0.0311. The zero-order valence-electron chi connectivity index (χ0n) is 27.7. The fourth-order valence-corrected chi connectivity index (χ4v) is 6.85. The highest BCUT2D eigenvalue weighted by atomic mass is 19.1. The summed E-state index contributed by atoms with van der Waals surface area (Å²) in [5, 5.41) is 24.7. The smallest absolute Gasteiger partial charge is 0.414 e. The number of piperidine rings is 3. The molecule has 0 radical (unpaired) electrons. The van der Waals surface area contributed by atoms with Crippen LogP contribution in [0.1, 0.15) is 55.8 Å². The highest BCUT2D eigenvalue weighted by molar-refractivity contribution is 5.88. The molecule has 1 amide bonds. The number of phenols is 1. The van der Waals surface area contributed by atoms with E-state index in [1.165, 1.54) is 29.2 Å². The number of halogens is 1. The van der Waals surface area contributed by atoms with Crippen LogP contribution in [0.3, 0.4) is 0 Å². The van der Waals surface area contributed by atoms with Crippen LogP contribution in [0.15, 0.2) is 77.6 Å². The number of fused-ring (bicyclic) bond motifs is 4. The van der Waals surface area contributed by atoms with E-state index in [0.29, 0.717) is 47.0 Å². The molecule has 3 saturated heterocycles. The van der Waals surface area contributed by atoms with Gasteiger partial charge in [-0.05, 0) is 105 Å². The number of benzene rings is 3. The van der Waals surface area contributed by atoms with Crippen LogP contribution in [-0.2, 0) is 11.3 Å². The number of anilines is 1. The molecule has 3 aromatic carbocycles. The number of H-pyrrole nitrogens is 1. The fourth-order valence-electron chi connectivity index (χ4n) is 6.85. The second-order valence-corrected chi connectivity index (χ2v) is 13.0. The van der Waals surface area contributed by atoms with Crippen LogP contribution >= 0.6 is 0 Å². The van der Waals surface area contributed by atoms with Crippen LogP contribution in [0, 0.1) is 11.7 Å². The molecule has 10 nitrogen and oxygen atoms in total. The second-order valence-electron chi connectivity index (χ2n) is 13.0. The lowest BCUT2D eigenvalue weighted by atomic mass is 9.86. The van der Waals surface area contributed by atoms with E-state index in [1.54, 1.807) is 24.3 Å². The monoisotopic (exact) mass is 672 g/mol. The lowest BCUT2D eigenvalue weighted by Crippen LogP contribution is -2.53. The number of aliphatic hydroxyl groups excluding tert-OH is 1. The van der Waals surface area contributed by atoms with Gasteiger partial charge >= 0.3 is 6.09 Å². The van der Waals surface area contributed by atoms with Crippen molar-refractivity contribution in [3.05, 3.63) is 100 Å². The molecule has 3 fully saturated rings. The number of hydrogen-bond acceptors (Lipinski definition) is 8. The van der Waals surface area contributed by atoms with E-state index >= 15 is 0 Å². The molecule has 1 aromatic heterocycles. The highest BCUT2D eigenvalue weighted by Crippen LogP contribution is 2.31. The topological polar surface area (TPSA) is 127 Å². The molecule has 0 unspecified atom stereocenters. The number of aromatic amines is 1. The SMILES string of the molecule is O=C(O[C@H]1CN2CCC1CC2)N(Cc1cccc(OCCCCCCNC[C@H](O)c2ccc(O)c3[nH]c(=O)ccc23)c1)c1cccc(F)c1. The molecule has 2 bridgehead atoms. The zero-order valence-corrected chi connectivity index (χ0v) is 27.7. The number of pyridine rings is 1. The summed E-state index contributed by atoms with van der Waals surface area (Å²) in [5.41, 5.74) is 1.96. The Morgan fingerprint density at radius 3 is 2.63 bits per heavy atom. The molecule has 0 aliphatic carbocycles. The number of unbranched alkanes of at least 4 members (excludes halogenated alkanes) is 3. The average Bonchev–Trinajstić information content (AvgIpc) is 3.11. The van der Waals surface area contributed by atoms with Gasteiger partial charge in [0.15, 0.2) is 0 Å². The first kappa shape index (κ1) is 34.4. The third-order valence-corrected chi connectivity index (χ3v) is 9.55. The Morgan fingerprint density at radius 1 is 1.02 bits per heavy atom. The van der Waals surface area contributed by atoms with E-state index in [-0.39, 0.29) is 24.0 Å². The van der Waals surface area contributed by atoms with Crippen molar-refractivity contribution in [1.82, 2.24) is 15.2 Å². The normalized spacial score (nSPS) is 19.1. The third kappa shape index (κ3) is 8.97. The quantitative estimate of drug-likeness (QED) is 0.116. The van der Waals surface area contributed by atoms with Crippen LogP contribution in [-0.4, -0.2) is 71.6 Å². The van der Waals surface area contributed by atoms with Crippen molar-refractivity contribution in [1.29, 1.82) is 0 Å². The molecule has 260 valence electrons. The first-order chi connectivity index (χ1) is 23.8. The van der Waals surface area contributed by atoms with Crippen molar-refractivity contribution in [3.8, 4) is 11.5 Å². The van der Waals surface area contributed by atoms with Gasteiger partial charge in [0.05, 0.1) is 30.5 Å². The Balaban J connectivity index is 0.929. The number of amides is 1. The number of aliphatic hydroxyl groups is 1. The summed E-state index contributed by atoms with van der Waals surface area (Å²) in [7, 11) is 0. The van der Waals surface area contributed by atoms with E-state index < -0.39 is 18.0 Å². The third-order valence-electron chi connectivity index (χ3n) is 9.55. The Labute approximate surface area is 285 Å². The summed E-state index contributed by atoms with van der Waals surface area (Å²) in [4.78, 5) is 31.6. The minimum absolute atomic E-state index is 0.0301. The van der Waals surface area contributed by atoms with E-state index in [9.17, 15) is 24.2 Å². The summed E-state index contributed by atoms with van der Waals surface area (Å²) in [6.07, 6.45) is 4.47. The number of aromatic nitrogens is 1. The molecule has 4 aromatic rings. The molecular formula is C38H45FN4O6. The number of rotatable bonds is 15. The number of carbonyl (C=O) groups excluding carboxylic acids is 1. The number of nitrogens with one attached hydrogen (secondary N) is 2. The van der Waals surface area contributed by atoms with E-state index in [2.05, 4.69) is 15.2 Å². The first-order valence-electron chi connectivity index (χ1n) is 17.3. The fraction of sp³-hybridized carbons (Fsp3) is 0.421. The van der Waals surface area contributed by atoms with Crippen molar-refractivity contribution in [2.45, 2.75) is 57.3 Å². The lowest BCUT2D eigenvalue weighted by Gasteiger charge is -2.44. The molecule has 11 heteroatoms. The van der Waals surface area contributed by atoms with Crippen molar-refractivity contribution in [2.24, 2.45) is 5.92 Å². The molecule has 7 rings (SSSR count). The van der Waals surface area contributed by atoms with Gasteiger partial charge in [-0.3, -0.25) is 14.6 Å². The molecule has 4 N–H and O–H groups in total. The zero-order chi connectivity index (χ0) is 34.2. The van der Waals surface area contributed by atoms with E-state index in [1.807, 2.05) is 24.3 Å². The summed E-state index contributed by atoms with van der Waals surface area (Å²) in [6.45, 7) is 4.73. The first-order valence-corrected chi connectivity index (χ1v) is 17.3. The molecule has 49 heavy (non-hydrogen) atoms. The van der Waals surface area contributed by atoms with Crippen LogP contribution < -0.4 is 20.5 Å². The number of hydrogen-bond donors (Lipinski definition) is 4. The molecule has 2 atom stereocenters. The standard InChI is InChI=1S/C38H45FN4O6/c39-28-8-6-9-29(22-28)43(38(47)49-35-25-42-18-15-27(35)16-19-42)24-26-7-5-10-30(21-26)48-20-4-2-1-3-17-40-23-34(45)31-11-13-33(44)37-32(31)12-14-36(46)41-37/h5-14,21-22,27,34-35,40,44-45H,1-4,15-20,23-25H2,(H,41,46)/t34-,35-/m0/s1. The maximum absolute atomic E-state index is 14.2. The molecule has 0 saturated carbocycles. The summed E-state index contributed by atoms with van der Waals surface area (Å²) in [5.74, 6) is 0.643. The second kappa shape index (κ2) is 16.3. The summed E-state index contributed by atoms with van der Waals surface area (Å²) < 4.78 is 26.3. The number of phenolic OH excluding ortho intramolecular Hbond substituents is 1.